The normalized spacial score (nSPS) is 19.9. The van der Waals surface area contributed by atoms with Crippen LogP contribution in [0.1, 0.15) is 31.4 Å². The first-order valence-corrected chi connectivity index (χ1v) is 7.62. The first-order valence-electron chi connectivity index (χ1n) is 6.82. The molecule has 100 valence electrons. The third-order valence-corrected chi connectivity index (χ3v) is 4.45. The molecule has 3 heteroatoms. The molecule has 0 spiro atoms. The van der Waals surface area contributed by atoms with Crippen molar-refractivity contribution in [2.24, 2.45) is 5.92 Å². The largest absolute Gasteiger partial charge is 0.310 e. The highest BCUT2D eigenvalue weighted by Gasteiger charge is 2.17. The van der Waals surface area contributed by atoms with Crippen molar-refractivity contribution < 1.29 is 0 Å². The second kappa shape index (κ2) is 6.69. The average molecular weight is 311 g/mol. The van der Waals surface area contributed by atoms with Gasteiger partial charge < -0.3 is 10.2 Å². The van der Waals surface area contributed by atoms with Crippen LogP contribution in [0.15, 0.2) is 28.7 Å². The van der Waals surface area contributed by atoms with Crippen LogP contribution in [0, 0.1) is 5.92 Å². The van der Waals surface area contributed by atoms with Crippen LogP contribution in [0.4, 0.5) is 0 Å². The number of hydrogen-bond acceptors (Lipinski definition) is 2. The molecule has 0 saturated carbocycles. The predicted octanol–water partition coefficient (Wildman–Crippen LogP) is 3.44. The average Bonchev–Trinajstić information content (AvgIpc) is 2.38. The molecular weight excluding hydrogens is 288 g/mol. The maximum absolute atomic E-state index is 3.67. The zero-order valence-corrected chi connectivity index (χ0v) is 12.9. The molecule has 0 amide bonds. The molecule has 1 N–H and O–H groups in total. The lowest BCUT2D eigenvalue weighted by Gasteiger charge is -2.30. The molecule has 1 aliphatic heterocycles. The van der Waals surface area contributed by atoms with E-state index >= 15 is 0 Å². The van der Waals surface area contributed by atoms with Crippen LogP contribution in [0.5, 0.6) is 0 Å². The second-order valence-electron chi connectivity index (χ2n) is 5.43. The maximum atomic E-state index is 3.67. The lowest BCUT2D eigenvalue weighted by atomic mass is 9.96. The molecule has 1 atom stereocenters. The molecule has 1 unspecified atom stereocenters. The van der Waals surface area contributed by atoms with Crippen molar-refractivity contribution in [3.8, 4) is 0 Å². The zero-order chi connectivity index (χ0) is 13.0. The number of benzene rings is 1. The van der Waals surface area contributed by atoms with E-state index in [0.717, 1.165) is 16.9 Å². The monoisotopic (exact) mass is 310 g/mol. The van der Waals surface area contributed by atoms with E-state index in [9.17, 15) is 0 Å². The Hall–Kier alpha value is -0.380. The van der Waals surface area contributed by atoms with E-state index in [1.54, 1.807) is 0 Å². The highest BCUT2D eigenvalue weighted by Crippen LogP contribution is 2.19. The summed E-state index contributed by atoms with van der Waals surface area (Å²) in [6, 6.07) is 9.05. The molecule has 18 heavy (non-hydrogen) atoms. The van der Waals surface area contributed by atoms with E-state index in [4.69, 9.17) is 0 Å². The zero-order valence-electron chi connectivity index (χ0n) is 11.3. The molecule has 2 rings (SSSR count). The molecular formula is C15H23BrN2. The lowest BCUT2D eigenvalue weighted by molar-refractivity contribution is 0.213. The van der Waals surface area contributed by atoms with Crippen molar-refractivity contribution in [1.29, 1.82) is 0 Å². The summed E-state index contributed by atoms with van der Waals surface area (Å²) in [5, 5.41) is 3.67. The summed E-state index contributed by atoms with van der Waals surface area (Å²) in [6.07, 6.45) is 2.66. The van der Waals surface area contributed by atoms with Gasteiger partial charge in [-0.2, -0.15) is 0 Å². The van der Waals surface area contributed by atoms with Gasteiger partial charge in [0.2, 0.25) is 0 Å². The van der Waals surface area contributed by atoms with Gasteiger partial charge in [-0.15, -0.1) is 0 Å². The van der Waals surface area contributed by atoms with Gasteiger partial charge in [0, 0.05) is 10.5 Å². The van der Waals surface area contributed by atoms with Crippen LogP contribution in [0.2, 0.25) is 0 Å². The Balaban J connectivity index is 1.77. The molecule has 1 aromatic rings. The molecule has 0 aliphatic carbocycles. The van der Waals surface area contributed by atoms with Crippen LogP contribution in [0.3, 0.4) is 0 Å². The number of hydrogen-bond donors (Lipinski definition) is 1. The van der Waals surface area contributed by atoms with Crippen molar-refractivity contribution in [2.75, 3.05) is 26.7 Å². The van der Waals surface area contributed by atoms with Crippen LogP contribution in [-0.4, -0.2) is 31.6 Å². The van der Waals surface area contributed by atoms with Gasteiger partial charge in [0.25, 0.3) is 0 Å². The number of rotatable bonds is 4. The van der Waals surface area contributed by atoms with E-state index in [1.165, 1.54) is 31.5 Å². The molecule has 2 nitrogen and oxygen atoms in total. The molecule has 1 saturated heterocycles. The molecule has 0 aromatic heterocycles. The highest BCUT2D eigenvalue weighted by molar-refractivity contribution is 9.10. The van der Waals surface area contributed by atoms with Crippen molar-refractivity contribution in [1.82, 2.24) is 10.2 Å². The third kappa shape index (κ3) is 4.08. The van der Waals surface area contributed by atoms with Gasteiger partial charge in [-0.05, 0) is 70.1 Å². The predicted molar refractivity (Wildman–Crippen MR) is 80.8 cm³/mol. The minimum Gasteiger partial charge on any atom is -0.310 e. The standard InChI is InChI=1S/C15H23BrN2/c1-12(14-3-5-15(16)6-4-14)17-11-13-7-9-18(2)10-8-13/h3-6,12-13,17H,7-11H2,1-2H3. The van der Waals surface area contributed by atoms with Crippen molar-refractivity contribution in [3.05, 3.63) is 34.3 Å². The number of piperidine rings is 1. The molecule has 1 aliphatic rings. The number of halogens is 1. The van der Waals surface area contributed by atoms with Crippen LogP contribution < -0.4 is 5.32 Å². The molecule has 1 heterocycles. The Morgan fingerprint density at radius 2 is 1.89 bits per heavy atom. The summed E-state index contributed by atoms with van der Waals surface area (Å²) in [4.78, 5) is 2.43. The Morgan fingerprint density at radius 3 is 2.50 bits per heavy atom. The van der Waals surface area contributed by atoms with E-state index in [1.807, 2.05) is 0 Å². The Bertz CT molecular complexity index is 355. The van der Waals surface area contributed by atoms with E-state index < -0.39 is 0 Å². The van der Waals surface area contributed by atoms with Crippen molar-refractivity contribution >= 4 is 15.9 Å². The summed E-state index contributed by atoms with van der Waals surface area (Å²) in [5.74, 6) is 0.846. The van der Waals surface area contributed by atoms with E-state index in [0.29, 0.717) is 6.04 Å². The SMILES string of the molecule is CC(NCC1CCN(C)CC1)c1ccc(Br)cc1. The third-order valence-electron chi connectivity index (χ3n) is 3.92. The quantitative estimate of drug-likeness (QED) is 0.916. The van der Waals surface area contributed by atoms with Gasteiger partial charge in [-0.3, -0.25) is 0 Å². The Labute approximate surface area is 119 Å². The first kappa shape index (κ1) is 14.0. The second-order valence-corrected chi connectivity index (χ2v) is 6.34. The number of likely N-dealkylation sites (tertiary alicyclic amines) is 1. The molecule has 1 aromatic carbocycles. The van der Waals surface area contributed by atoms with Crippen LogP contribution in [-0.2, 0) is 0 Å². The van der Waals surface area contributed by atoms with Crippen LogP contribution >= 0.6 is 15.9 Å². The Morgan fingerprint density at radius 1 is 1.28 bits per heavy atom. The summed E-state index contributed by atoms with van der Waals surface area (Å²) in [7, 11) is 2.22. The minimum atomic E-state index is 0.442. The Kier molecular flexibility index (Phi) is 5.22. The number of nitrogens with one attached hydrogen (secondary N) is 1. The van der Waals surface area contributed by atoms with Crippen molar-refractivity contribution in [2.45, 2.75) is 25.8 Å². The van der Waals surface area contributed by atoms with E-state index in [2.05, 4.69) is 64.4 Å². The highest BCUT2D eigenvalue weighted by atomic mass is 79.9. The van der Waals surface area contributed by atoms with Gasteiger partial charge in [-0.1, -0.05) is 28.1 Å². The van der Waals surface area contributed by atoms with Crippen LogP contribution in [0.25, 0.3) is 0 Å². The lowest BCUT2D eigenvalue weighted by Crippen LogP contribution is -2.35. The summed E-state index contributed by atoms with van der Waals surface area (Å²) in [6.45, 7) is 5.89. The first-order chi connectivity index (χ1) is 8.65. The van der Waals surface area contributed by atoms with Gasteiger partial charge >= 0.3 is 0 Å². The fourth-order valence-electron chi connectivity index (χ4n) is 2.48. The summed E-state index contributed by atoms with van der Waals surface area (Å²) >= 11 is 3.48. The molecule has 0 bridgehead atoms. The molecule has 0 radical (unpaired) electrons. The fraction of sp³-hybridized carbons (Fsp3) is 0.600. The van der Waals surface area contributed by atoms with Gasteiger partial charge in [0.15, 0.2) is 0 Å². The van der Waals surface area contributed by atoms with Gasteiger partial charge in [0.1, 0.15) is 0 Å². The van der Waals surface area contributed by atoms with Gasteiger partial charge in [-0.25, -0.2) is 0 Å². The minimum absolute atomic E-state index is 0.442. The maximum Gasteiger partial charge on any atom is 0.0291 e. The summed E-state index contributed by atoms with van der Waals surface area (Å²) in [5.41, 5.74) is 1.37. The smallest absolute Gasteiger partial charge is 0.0291 e. The molecule has 1 fully saturated rings. The number of nitrogens with zero attached hydrogens (tertiary/aromatic N) is 1. The van der Waals surface area contributed by atoms with Gasteiger partial charge in [0.05, 0.1) is 0 Å². The summed E-state index contributed by atoms with van der Waals surface area (Å²) < 4.78 is 1.15. The van der Waals surface area contributed by atoms with E-state index in [-0.39, 0.29) is 0 Å². The fourth-order valence-corrected chi connectivity index (χ4v) is 2.74. The van der Waals surface area contributed by atoms with Crippen molar-refractivity contribution in [3.63, 3.8) is 0 Å². The topological polar surface area (TPSA) is 15.3 Å².